The van der Waals surface area contributed by atoms with Crippen molar-refractivity contribution in [3.8, 4) is 0 Å². The van der Waals surface area contributed by atoms with E-state index in [2.05, 4.69) is 11.8 Å². The predicted molar refractivity (Wildman–Crippen MR) is 53.3 cm³/mol. The Balaban J connectivity index is 2.59. The molecule has 14 heavy (non-hydrogen) atoms. The molecule has 0 atom stereocenters. The van der Waals surface area contributed by atoms with Gasteiger partial charge < -0.3 is 14.7 Å². The zero-order valence-electron chi connectivity index (χ0n) is 8.95. The first-order valence-electron chi connectivity index (χ1n) is 5.24. The van der Waals surface area contributed by atoms with Crippen LogP contribution in [-0.2, 0) is 9.53 Å². The maximum absolute atomic E-state index is 11.1. The average molecular weight is 201 g/mol. The fourth-order valence-electron chi connectivity index (χ4n) is 1.93. The molecule has 4 nitrogen and oxygen atoms in total. The summed E-state index contributed by atoms with van der Waals surface area (Å²) in [7, 11) is 0. The molecule has 0 aliphatic carbocycles. The minimum Gasteiger partial charge on any atom is -0.479 e. The van der Waals surface area contributed by atoms with Crippen molar-refractivity contribution in [2.24, 2.45) is 0 Å². The van der Waals surface area contributed by atoms with Crippen LogP contribution in [0.3, 0.4) is 0 Å². The molecule has 82 valence electrons. The van der Waals surface area contributed by atoms with Crippen molar-refractivity contribution in [2.45, 2.75) is 32.3 Å². The Kier molecular flexibility index (Phi) is 3.89. The van der Waals surface area contributed by atoms with Crippen molar-refractivity contribution in [2.75, 3.05) is 26.2 Å². The Morgan fingerprint density at radius 1 is 1.43 bits per heavy atom. The second-order valence-electron chi connectivity index (χ2n) is 3.67. The number of nitrogens with zero attached hydrogens (tertiary/aromatic N) is 1. The molecule has 0 saturated carbocycles. The van der Waals surface area contributed by atoms with Crippen LogP contribution in [0.25, 0.3) is 0 Å². The highest BCUT2D eigenvalue weighted by Crippen LogP contribution is 2.26. The number of ether oxygens (including phenoxy) is 1. The minimum absolute atomic E-state index is 0.471. The summed E-state index contributed by atoms with van der Waals surface area (Å²) in [5, 5.41) is 9.14. The van der Waals surface area contributed by atoms with Crippen molar-refractivity contribution >= 4 is 5.97 Å². The van der Waals surface area contributed by atoms with Crippen LogP contribution in [0, 0.1) is 0 Å². The van der Waals surface area contributed by atoms with Crippen molar-refractivity contribution in [1.82, 2.24) is 4.90 Å². The summed E-state index contributed by atoms with van der Waals surface area (Å²) in [6.07, 6.45) is 1.20. The van der Waals surface area contributed by atoms with Crippen molar-refractivity contribution in [1.29, 1.82) is 0 Å². The minimum atomic E-state index is -0.916. The van der Waals surface area contributed by atoms with Crippen molar-refractivity contribution in [3.05, 3.63) is 0 Å². The molecule has 0 bridgehead atoms. The molecular weight excluding hydrogens is 182 g/mol. The summed E-state index contributed by atoms with van der Waals surface area (Å²) in [6, 6.07) is 0. The van der Waals surface area contributed by atoms with Gasteiger partial charge in [0.25, 0.3) is 0 Å². The monoisotopic (exact) mass is 201 g/mol. The van der Waals surface area contributed by atoms with E-state index in [1.54, 1.807) is 0 Å². The summed E-state index contributed by atoms with van der Waals surface area (Å²) >= 11 is 0. The van der Waals surface area contributed by atoms with E-state index in [1.165, 1.54) is 0 Å². The molecule has 0 radical (unpaired) electrons. The van der Waals surface area contributed by atoms with Gasteiger partial charge in [0.15, 0.2) is 5.60 Å². The quantitative estimate of drug-likeness (QED) is 0.736. The van der Waals surface area contributed by atoms with Crippen LogP contribution >= 0.6 is 0 Å². The second kappa shape index (κ2) is 4.75. The number of carboxylic acid groups (broad SMARTS) is 1. The molecule has 4 heteroatoms. The lowest BCUT2D eigenvalue weighted by Crippen LogP contribution is -2.51. The lowest BCUT2D eigenvalue weighted by Gasteiger charge is -2.37. The normalized spacial score (nSPS) is 22.1. The first kappa shape index (κ1) is 11.5. The number of piperidine rings is 1. The molecule has 0 amide bonds. The Labute approximate surface area is 84.8 Å². The Bertz CT molecular complexity index is 198. The highest BCUT2D eigenvalue weighted by Gasteiger charge is 2.41. The summed E-state index contributed by atoms with van der Waals surface area (Å²) in [6.45, 7) is 7.04. The number of hydrogen-bond acceptors (Lipinski definition) is 3. The second-order valence-corrected chi connectivity index (χ2v) is 3.67. The fraction of sp³-hybridized carbons (Fsp3) is 0.900. The molecule has 1 rings (SSSR count). The lowest BCUT2D eigenvalue weighted by atomic mass is 9.91. The fourth-order valence-corrected chi connectivity index (χ4v) is 1.93. The first-order valence-corrected chi connectivity index (χ1v) is 5.24. The third-order valence-corrected chi connectivity index (χ3v) is 2.92. The molecule has 1 fully saturated rings. The van der Waals surface area contributed by atoms with Gasteiger partial charge >= 0.3 is 5.97 Å². The number of aliphatic carboxylic acids is 1. The SMILES string of the molecule is CCOC1(C(=O)O)CCN(CC)CC1. The molecule has 1 N–H and O–H groups in total. The van der Waals surface area contributed by atoms with Crippen LogP contribution in [-0.4, -0.2) is 47.8 Å². The summed E-state index contributed by atoms with van der Waals surface area (Å²) in [5.41, 5.74) is -0.916. The van der Waals surface area contributed by atoms with Crippen molar-refractivity contribution in [3.63, 3.8) is 0 Å². The summed E-state index contributed by atoms with van der Waals surface area (Å²) in [5.74, 6) is -0.810. The van der Waals surface area contributed by atoms with Gasteiger partial charge in [0.2, 0.25) is 0 Å². The van der Waals surface area contributed by atoms with Crippen LogP contribution < -0.4 is 0 Å². The van der Waals surface area contributed by atoms with Gasteiger partial charge in [0, 0.05) is 19.7 Å². The molecule has 1 saturated heterocycles. The Hall–Kier alpha value is -0.610. The molecule has 0 aromatic rings. The molecule has 0 spiro atoms. The first-order chi connectivity index (χ1) is 6.64. The van der Waals surface area contributed by atoms with Gasteiger partial charge in [-0.15, -0.1) is 0 Å². The maximum Gasteiger partial charge on any atom is 0.336 e. The standard InChI is InChI=1S/C10H19NO3/c1-3-11-7-5-10(6-8-11,9(12)13)14-4-2/h3-8H2,1-2H3,(H,12,13). The Morgan fingerprint density at radius 3 is 2.36 bits per heavy atom. The van der Waals surface area contributed by atoms with Crippen LogP contribution in [0.2, 0.25) is 0 Å². The third kappa shape index (κ3) is 2.25. The Morgan fingerprint density at radius 2 is 2.00 bits per heavy atom. The van der Waals surface area contributed by atoms with Crippen LogP contribution in [0.15, 0.2) is 0 Å². The van der Waals surface area contributed by atoms with E-state index >= 15 is 0 Å². The number of rotatable bonds is 4. The molecule has 1 aliphatic heterocycles. The predicted octanol–water partition coefficient (Wildman–Crippen LogP) is 0.962. The van der Waals surface area contributed by atoms with Crippen LogP contribution in [0.4, 0.5) is 0 Å². The molecule has 1 aliphatic rings. The van der Waals surface area contributed by atoms with E-state index < -0.39 is 11.6 Å². The van der Waals surface area contributed by atoms with Gasteiger partial charge in [0.1, 0.15) is 0 Å². The van der Waals surface area contributed by atoms with Gasteiger partial charge in [0.05, 0.1) is 0 Å². The van der Waals surface area contributed by atoms with Crippen molar-refractivity contribution < 1.29 is 14.6 Å². The van der Waals surface area contributed by atoms with Gasteiger partial charge in [-0.25, -0.2) is 4.79 Å². The van der Waals surface area contributed by atoms with E-state index in [4.69, 9.17) is 9.84 Å². The van der Waals surface area contributed by atoms with Gasteiger partial charge in [-0.3, -0.25) is 0 Å². The average Bonchev–Trinajstić information content (AvgIpc) is 2.19. The van der Waals surface area contributed by atoms with Gasteiger partial charge in [-0.05, 0) is 26.3 Å². The highest BCUT2D eigenvalue weighted by molar-refractivity contribution is 5.77. The maximum atomic E-state index is 11.1. The van der Waals surface area contributed by atoms with E-state index in [0.29, 0.717) is 19.4 Å². The smallest absolute Gasteiger partial charge is 0.336 e. The van der Waals surface area contributed by atoms with E-state index in [0.717, 1.165) is 19.6 Å². The summed E-state index contributed by atoms with van der Waals surface area (Å²) < 4.78 is 5.40. The molecule has 0 aromatic carbocycles. The van der Waals surface area contributed by atoms with Gasteiger partial charge in [-0.1, -0.05) is 6.92 Å². The molecule has 0 aromatic heterocycles. The largest absolute Gasteiger partial charge is 0.479 e. The lowest BCUT2D eigenvalue weighted by molar-refractivity contribution is -0.172. The summed E-state index contributed by atoms with van der Waals surface area (Å²) in [4.78, 5) is 13.4. The van der Waals surface area contributed by atoms with E-state index in [9.17, 15) is 4.79 Å². The van der Waals surface area contributed by atoms with E-state index in [-0.39, 0.29) is 0 Å². The molecular formula is C10H19NO3. The van der Waals surface area contributed by atoms with E-state index in [1.807, 2.05) is 6.92 Å². The highest BCUT2D eigenvalue weighted by atomic mass is 16.5. The zero-order chi connectivity index (χ0) is 10.6. The molecule has 0 unspecified atom stereocenters. The van der Waals surface area contributed by atoms with Gasteiger partial charge in [-0.2, -0.15) is 0 Å². The number of hydrogen-bond donors (Lipinski definition) is 1. The topological polar surface area (TPSA) is 49.8 Å². The van der Waals surface area contributed by atoms with Crippen LogP contribution in [0.1, 0.15) is 26.7 Å². The number of carboxylic acids is 1. The third-order valence-electron chi connectivity index (χ3n) is 2.92. The number of likely N-dealkylation sites (tertiary alicyclic amines) is 1. The zero-order valence-corrected chi connectivity index (χ0v) is 8.95. The molecule has 1 heterocycles. The van der Waals surface area contributed by atoms with Crippen LogP contribution in [0.5, 0.6) is 0 Å². The number of carbonyl (C=O) groups is 1.